The second kappa shape index (κ2) is 5.67. The molecule has 0 amide bonds. The van der Waals surface area contributed by atoms with E-state index in [0.29, 0.717) is 6.04 Å². The highest BCUT2D eigenvalue weighted by Crippen LogP contribution is 2.24. The number of likely N-dealkylation sites (N-methyl/N-ethyl adjacent to an activating group) is 1. The second-order valence-electron chi connectivity index (χ2n) is 4.19. The van der Waals surface area contributed by atoms with Crippen LogP contribution in [0.25, 0.3) is 0 Å². The highest BCUT2D eigenvalue weighted by atomic mass is 35.5. The summed E-state index contributed by atoms with van der Waals surface area (Å²) in [5.74, 6) is 0. The van der Waals surface area contributed by atoms with Gasteiger partial charge in [0.25, 0.3) is 0 Å². The maximum absolute atomic E-state index is 6.11. The molecule has 1 aromatic carbocycles. The molecule has 1 atom stereocenters. The first-order valence-corrected chi connectivity index (χ1v) is 6.91. The summed E-state index contributed by atoms with van der Waals surface area (Å²) in [6.07, 6.45) is 1.01. The summed E-state index contributed by atoms with van der Waals surface area (Å²) >= 11 is 7.90. The van der Waals surface area contributed by atoms with Crippen LogP contribution in [-0.4, -0.2) is 7.05 Å². The lowest BCUT2D eigenvalue weighted by atomic mass is 10.0. The molecule has 0 aliphatic rings. The van der Waals surface area contributed by atoms with Crippen molar-refractivity contribution in [3.8, 4) is 0 Å². The highest BCUT2D eigenvalue weighted by Gasteiger charge is 2.11. The Morgan fingerprint density at radius 1 is 1.35 bits per heavy atom. The second-order valence-corrected chi connectivity index (χ2v) is 5.66. The lowest BCUT2D eigenvalue weighted by molar-refractivity contribution is 0.596. The van der Waals surface area contributed by atoms with Gasteiger partial charge in [-0.2, -0.15) is 0 Å². The van der Waals surface area contributed by atoms with Crippen molar-refractivity contribution in [2.24, 2.45) is 0 Å². The van der Waals surface area contributed by atoms with Crippen LogP contribution < -0.4 is 5.32 Å². The van der Waals surface area contributed by atoms with E-state index in [0.717, 1.165) is 11.4 Å². The molecule has 0 fully saturated rings. The third kappa shape index (κ3) is 3.32. The van der Waals surface area contributed by atoms with Crippen LogP contribution in [0.15, 0.2) is 35.7 Å². The minimum absolute atomic E-state index is 0.325. The Morgan fingerprint density at radius 3 is 2.76 bits per heavy atom. The molecule has 1 heterocycles. The zero-order valence-electron chi connectivity index (χ0n) is 10.0. The monoisotopic (exact) mass is 265 g/mol. The fourth-order valence-corrected chi connectivity index (χ4v) is 3.03. The van der Waals surface area contributed by atoms with Crippen LogP contribution in [0.4, 0.5) is 0 Å². The Labute approximate surface area is 111 Å². The summed E-state index contributed by atoms with van der Waals surface area (Å²) in [6.45, 7) is 2.08. The van der Waals surface area contributed by atoms with Crippen molar-refractivity contribution < 1.29 is 0 Å². The van der Waals surface area contributed by atoms with Gasteiger partial charge in [0.05, 0.1) is 0 Å². The molecule has 2 aromatic rings. The van der Waals surface area contributed by atoms with Gasteiger partial charge in [0.2, 0.25) is 0 Å². The summed E-state index contributed by atoms with van der Waals surface area (Å²) < 4.78 is 0. The molecule has 0 bridgehead atoms. The van der Waals surface area contributed by atoms with Gasteiger partial charge in [-0.05, 0) is 48.7 Å². The van der Waals surface area contributed by atoms with Crippen molar-refractivity contribution in [3.05, 3.63) is 56.7 Å². The molecular weight excluding hydrogens is 250 g/mol. The molecule has 1 N–H and O–H groups in total. The van der Waals surface area contributed by atoms with Crippen molar-refractivity contribution in [2.75, 3.05) is 7.05 Å². The Balaban J connectivity index is 2.22. The minimum atomic E-state index is 0.325. The predicted molar refractivity (Wildman–Crippen MR) is 76.0 cm³/mol. The van der Waals surface area contributed by atoms with Crippen LogP contribution in [0, 0.1) is 6.92 Å². The van der Waals surface area contributed by atoms with E-state index in [2.05, 4.69) is 35.8 Å². The molecule has 1 unspecified atom stereocenters. The average molecular weight is 266 g/mol. The number of hydrogen-bond donors (Lipinski definition) is 1. The number of benzene rings is 1. The first-order valence-electron chi connectivity index (χ1n) is 5.66. The van der Waals surface area contributed by atoms with E-state index in [1.165, 1.54) is 16.0 Å². The number of nitrogens with one attached hydrogen (secondary N) is 1. The van der Waals surface area contributed by atoms with Crippen molar-refractivity contribution in [3.63, 3.8) is 0 Å². The quantitative estimate of drug-likeness (QED) is 0.873. The Morgan fingerprint density at radius 2 is 2.18 bits per heavy atom. The van der Waals surface area contributed by atoms with Gasteiger partial charge in [-0.1, -0.05) is 23.7 Å². The number of thiophene rings is 1. The normalized spacial score (nSPS) is 12.6. The van der Waals surface area contributed by atoms with Gasteiger partial charge in [-0.25, -0.2) is 0 Å². The molecule has 0 spiro atoms. The molecule has 1 nitrogen and oxygen atoms in total. The maximum atomic E-state index is 6.11. The van der Waals surface area contributed by atoms with Gasteiger partial charge < -0.3 is 5.32 Å². The third-order valence-corrected chi connectivity index (χ3v) is 3.92. The van der Waals surface area contributed by atoms with Crippen molar-refractivity contribution in [1.29, 1.82) is 0 Å². The van der Waals surface area contributed by atoms with Gasteiger partial charge in [-0.15, -0.1) is 11.3 Å². The van der Waals surface area contributed by atoms with Crippen LogP contribution in [0.1, 0.15) is 22.0 Å². The largest absolute Gasteiger partial charge is 0.313 e. The minimum Gasteiger partial charge on any atom is -0.313 e. The summed E-state index contributed by atoms with van der Waals surface area (Å²) in [5, 5.41) is 6.29. The number of aryl methyl sites for hydroxylation is 1. The summed E-state index contributed by atoms with van der Waals surface area (Å²) in [7, 11) is 1.99. The lowest BCUT2D eigenvalue weighted by Gasteiger charge is -2.16. The maximum Gasteiger partial charge on any atom is 0.0411 e. The molecule has 1 aromatic heterocycles. The molecule has 0 saturated heterocycles. The zero-order chi connectivity index (χ0) is 12.3. The summed E-state index contributed by atoms with van der Waals surface area (Å²) in [6, 6.07) is 10.8. The molecule has 0 aliphatic heterocycles. The van der Waals surface area contributed by atoms with Crippen LogP contribution in [0.2, 0.25) is 5.02 Å². The van der Waals surface area contributed by atoms with Crippen molar-refractivity contribution >= 4 is 22.9 Å². The molecule has 90 valence electrons. The van der Waals surface area contributed by atoms with Crippen LogP contribution in [0.3, 0.4) is 0 Å². The summed E-state index contributed by atoms with van der Waals surface area (Å²) in [5.41, 5.74) is 2.46. The van der Waals surface area contributed by atoms with Crippen molar-refractivity contribution in [2.45, 2.75) is 19.4 Å². The van der Waals surface area contributed by atoms with Gasteiger partial charge >= 0.3 is 0 Å². The highest BCUT2D eigenvalue weighted by molar-refractivity contribution is 7.09. The molecule has 0 saturated carbocycles. The van der Waals surface area contributed by atoms with Crippen LogP contribution in [-0.2, 0) is 6.42 Å². The van der Waals surface area contributed by atoms with Gasteiger partial charge in [-0.3, -0.25) is 0 Å². The lowest BCUT2D eigenvalue weighted by Crippen LogP contribution is -2.18. The molecule has 3 heteroatoms. The van der Waals surface area contributed by atoms with E-state index in [4.69, 9.17) is 11.6 Å². The van der Waals surface area contributed by atoms with Gasteiger partial charge in [0.15, 0.2) is 0 Å². The number of halogens is 1. The van der Waals surface area contributed by atoms with Gasteiger partial charge in [0.1, 0.15) is 0 Å². The molecular formula is C14H16ClNS. The Bertz CT molecular complexity index is 459. The zero-order valence-corrected chi connectivity index (χ0v) is 11.6. The Hall–Kier alpha value is -0.830. The fraction of sp³-hybridized carbons (Fsp3) is 0.286. The van der Waals surface area contributed by atoms with E-state index in [1.54, 1.807) is 11.3 Å². The third-order valence-electron chi connectivity index (χ3n) is 2.80. The van der Waals surface area contributed by atoms with E-state index in [-0.39, 0.29) is 0 Å². The van der Waals surface area contributed by atoms with Crippen molar-refractivity contribution in [1.82, 2.24) is 5.32 Å². The topological polar surface area (TPSA) is 12.0 Å². The SMILES string of the molecule is CNC(Cc1cccs1)c1cc(C)cc(Cl)c1. The number of rotatable bonds is 4. The standard InChI is InChI=1S/C14H16ClNS/c1-10-6-11(8-12(15)7-10)14(16-2)9-13-4-3-5-17-13/h3-8,14,16H,9H2,1-2H3. The van der Waals surface area contributed by atoms with E-state index in [1.807, 2.05) is 19.2 Å². The first kappa shape index (κ1) is 12.6. The predicted octanol–water partition coefficient (Wildman–Crippen LogP) is 4.21. The summed E-state index contributed by atoms with van der Waals surface area (Å²) in [4.78, 5) is 1.39. The van der Waals surface area contributed by atoms with Crippen LogP contribution >= 0.6 is 22.9 Å². The van der Waals surface area contributed by atoms with E-state index in [9.17, 15) is 0 Å². The molecule has 2 rings (SSSR count). The molecule has 17 heavy (non-hydrogen) atoms. The molecule has 0 radical (unpaired) electrons. The average Bonchev–Trinajstić information content (AvgIpc) is 2.77. The van der Waals surface area contributed by atoms with E-state index < -0.39 is 0 Å². The van der Waals surface area contributed by atoms with E-state index >= 15 is 0 Å². The van der Waals surface area contributed by atoms with Gasteiger partial charge in [0, 0.05) is 22.4 Å². The Kier molecular flexibility index (Phi) is 4.21. The molecule has 0 aliphatic carbocycles. The van der Waals surface area contributed by atoms with Crippen LogP contribution in [0.5, 0.6) is 0 Å². The fourth-order valence-electron chi connectivity index (χ4n) is 1.98. The smallest absolute Gasteiger partial charge is 0.0411 e. The number of hydrogen-bond acceptors (Lipinski definition) is 2. The first-order chi connectivity index (χ1) is 8.19.